The van der Waals surface area contributed by atoms with Crippen LogP contribution in [0.3, 0.4) is 0 Å². The van der Waals surface area contributed by atoms with Gasteiger partial charge in [-0.05, 0) is 19.4 Å². The van der Waals surface area contributed by atoms with Crippen molar-refractivity contribution >= 4 is 11.9 Å². The predicted molar refractivity (Wildman–Crippen MR) is 79.5 cm³/mol. The highest BCUT2D eigenvalue weighted by Crippen LogP contribution is 2.14. The molecule has 1 N–H and O–H groups in total. The Labute approximate surface area is 125 Å². The lowest BCUT2D eigenvalue weighted by Crippen LogP contribution is -2.58. The molecule has 0 spiro atoms. The van der Waals surface area contributed by atoms with Crippen LogP contribution in [0.15, 0.2) is 30.3 Å². The summed E-state index contributed by atoms with van der Waals surface area (Å²) in [6.07, 6.45) is 0.0941. The van der Waals surface area contributed by atoms with Gasteiger partial charge in [0.1, 0.15) is 6.61 Å². The molecular weight excluding hydrogens is 268 g/mol. The summed E-state index contributed by atoms with van der Waals surface area (Å²) >= 11 is 0. The number of nitrogens with zero attached hydrogens (tertiary/aromatic N) is 1. The van der Waals surface area contributed by atoms with Crippen LogP contribution in [0, 0.1) is 0 Å². The quantitative estimate of drug-likeness (QED) is 0.831. The van der Waals surface area contributed by atoms with Crippen LogP contribution >= 0.6 is 0 Å². The topological polar surface area (TPSA) is 58.6 Å². The van der Waals surface area contributed by atoms with Gasteiger partial charge >= 0.3 is 5.97 Å². The van der Waals surface area contributed by atoms with Crippen LogP contribution in [-0.2, 0) is 20.9 Å². The second kappa shape index (κ2) is 7.22. The van der Waals surface area contributed by atoms with Crippen LogP contribution in [0.4, 0.5) is 0 Å². The number of benzene rings is 1. The summed E-state index contributed by atoms with van der Waals surface area (Å²) in [5.74, 6) is -0.432. The maximum Gasteiger partial charge on any atom is 0.308 e. The lowest BCUT2D eigenvalue weighted by molar-refractivity contribution is -0.150. The molecule has 1 unspecified atom stereocenters. The molecule has 1 aliphatic heterocycles. The summed E-state index contributed by atoms with van der Waals surface area (Å²) in [6, 6.07) is 9.32. The number of carbonyl (C=O) groups is 2. The average molecular weight is 290 g/mol. The van der Waals surface area contributed by atoms with E-state index in [9.17, 15) is 9.59 Å². The van der Waals surface area contributed by atoms with Crippen molar-refractivity contribution in [1.82, 2.24) is 10.2 Å². The van der Waals surface area contributed by atoms with Crippen LogP contribution < -0.4 is 5.32 Å². The molecule has 5 nitrogen and oxygen atoms in total. The Bertz CT molecular complexity index is 488. The third kappa shape index (κ3) is 4.29. The first-order valence-electron chi connectivity index (χ1n) is 7.31. The van der Waals surface area contributed by atoms with Crippen LogP contribution in [-0.4, -0.2) is 41.9 Å². The van der Waals surface area contributed by atoms with Gasteiger partial charge < -0.3 is 10.1 Å². The van der Waals surface area contributed by atoms with Gasteiger partial charge in [-0.3, -0.25) is 14.5 Å². The molecule has 0 radical (unpaired) electrons. The van der Waals surface area contributed by atoms with Crippen LogP contribution in [0.2, 0.25) is 0 Å². The molecule has 0 bridgehead atoms. The maximum absolute atomic E-state index is 12.0. The lowest BCUT2D eigenvalue weighted by Gasteiger charge is -2.37. The third-order valence-electron chi connectivity index (χ3n) is 3.64. The van der Waals surface area contributed by atoms with Crippen molar-refractivity contribution in [3.8, 4) is 0 Å². The van der Waals surface area contributed by atoms with E-state index < -0.39 is 6.04 Å². The minimum Gasteiger partial charge on any atom is -0.461 e. The van der Waals surface area contributed by atoms with Gasteiger partial charge in [0.05, 0.1) is 12.5 Å². The Morgan fingerprint density at radius 2 is 2.10 bits per heavy atom. The standard InChI is InChI=1S/C16H22N2O3/c1-12(2)18-9-8-17-16(20)14(18)10-15(19)21-11-13-6-4-3-5-7-13/h3-7,12,14H,8-11H2,1-2H3,(H,17,20). The van der Waals surface area contributed by atoms with Crippen molar-refractivity contribution in [2.75, 3.05) is 13.1 Å². The van der Waals surface area contributed by atoms with Crippen molar-refractivity contribution in [1.29, 1.82) is 0 Å². The average Bonchev–Trinajstić information content (AvgIpc) is 2.48. The van der Waals surface area contributed by atoms with Gasteiger partial charge in [-0.2, -0.15) is 0 Å². The largest absolute Gasteiger partial charge is 0.461 e. The fourth-order valence-electron chi connectivity index (χ4n) is 2.52. The van der Waals surface area contributed by atoms with Gasteiger partial charge in [0.15, 0.2) is 0 Å². The summed E-state index contributed by atoms with van der Waals surface area (Å²) in [5.41, 5.74) is 0.944. The first-order valence-corrected chi connectivity index (χ1v) is 7.31. The third-order valence-corrected chi connectivity index (χ3v) is 3.64. The van der Waals surface area contributed by atoms with Gasteiger partial charge in [-0.15, -0.1) is 0 Å². The number of piperazine rings is 1. The van der Waals surface area contributed by atoms with E-state index in [1.807, 2.05) is 49.1 Å². The Balaban J connectivity index is 1.89. The molecule has 1 saturated heterocycles. The van der Waals surface area contributed by atoms with Crippen molar-refractivity contribution in [3.63, 3.8) is 0 Å². The summed E-state index contributed by atoms with van der Waals surface area (Å²) in [7, 11) is 0. The molecule has 1 heterocycles. The predicted octanol–water partition coefficient (Wildman–Crippen LogP) is 1.33. The molecule has 114 valence electrons. The number of esters is 1. The highest BCUT2D eigenvalue weighted by Gasteiger charge is 2.33. The Morgan fingerprint density at radius 3 is 2.76 bits per heavy atom. The van der Waals surface area contributed by atoms with Gasteiger partial charge in [0.25, 0.3) is 0 Å². The zero-order valence-electron chi connectivity index (χ0n) is 12.5. The van der Waals surface area contributed by atoms with Gasteiger partial charge in [-0.1, -0.05) is 30.3 Å². The Hall–Kier alpha value is -1.88. The molecular formula is C16H22N2O3. The summed E-state index contributed by atoms with van der Waals surface area (Å²) < 4.78 is 5.26. The summed E-state index contributed by atoms with van der Waals surface area (Å²) in [5, 5.41) is 2.81. The minimum atomic E-state index is -0.429. The van der Waals surface area contributed by atoms with Crippen LogP contribution in [0.5, 0.6) is 0 Å². The van der Waals surface area contributed by atoms with Gasteiger partial charge in [0.2, 0.25) is 5.91 Å². The molecule has 0 aromatic heterocycles. The smallest absolute Gasteiger partial charge is 0.308 e. The molecule has 1 aromatic carbocycles. The lowest BCUT2D eigenvalue weighted by atomic mass is 10.1. The van der Waals surface area contributed by atoms with E-state index in [4.69, 9.17) is 4.74 Å². The van der Waals surface area contributed by atoms with E-state index >= 15 is 0 Å². The highest BCUT2D eigenvalue weighted by atomic mass is 16.5. The number of ether oxygens (including phenoxy) is 1. The molecule has 1 aliphatic rings. The van der Waals surface area contributed by atoms with Crippen molar-refractivity contribution in [3.05, 3.63) is 35.9 Å². The van der Waals surface area contributed by atoms with E-state index in [2.05, 4.69) is 5.32 Å². The van der Waals surface area contributed by atoms with Crippen molar-refractivity contribution < 1.29 is 14.3 Å². The summed E-state index contributed by atoms with van der Waals surface area (Å²) in [4.78, 5) is 26.0. The number of carbonyl (C=O) groups excluding carboxylic acids is 2. The van der Waals surface area contributed by atoms with E-state index in [1.165, 1.54) is 0 Å². The van der Waals surface area contributed by atoms with Crippen molar-refractivity contribution in [2.45, 2.75) is 39.0 Å². The zero-order chi connectivity index (χ0) is 15.2. The number of hydrogen-bond donors (Lipinski definition) is 1. The maximum atomic E-state index is 12.0. The summed E-state index contributed by atoms with van der Waals surface area (Å²) in [6.45, 7) is 5.70. The highest BCUT2D eigenvalue weighted by molar-refractivity contribution is 5.87. The fraction of sp³-hybridized carbons (Fsp3) is 0.500. The monoisotopic (exact) mass is 290 g/mol. The Morgan fingerprint density at radius 1 is 1.38 bits per heavy atom. The molecule has 0 aliphatic carbocycles. The molecule has 21 heavy (non-hydrogen) atoms. The van der Waals surface area contributed by atoms with E-state index in [0.717, 1.165) is 12.1 Å². The number of rotatable bonds is 5. The first kappa shape index (κ1) is 15.5. The van der Waals surface area contributed by atoms with Crippen LogP contribution in [0.25, 0.3) is 0 Å². The molecule has 1 aromatic rings. The molecule has 0 saturated carbocycles. The number of amides is 1. The molecule has 1 amide bonds. The SMILES string of the molecule is CC(C)N1CCNC(=O)C1CC(=O)OCc1ccccc1. The molecule has 5 heteroatoms. The fourth-order valence-corrected chi connectivity index (χ4v) is 2.52. The van der Waals surface area contributed by atoms with Gasteiger partial charge in [0, 0.05) is 19.1 Å². The van der Waals surface area contributed by atoms with Gasteiger partial charge in [-0.25, -0.2) is 0 Å². The molecule has 2 rings (SSSR count). The second-order valence-electron chi connectivity index (χ2n) is 5.49. The van der Waals surface area contributed by atoms with E-state index in [0.29, 0.717) is 6.54 Å². The number of nitrogens with one attached hydrogen (secondary N) is 1. The van der Waals surface area contributed by atoms with E-state index in [-0.39, 0.29) is 30.9 Å². The Kier molecular flexibility index (Phi) is 5.33. The van der Waals surface area contributed by atoms with E-state index in [1.54, 1.807) is 0 Å². The normalized spacial score (nSPS) is 19.4. The number of hydrogen-bond acceptors (Lipinski definition) is 4. The minimum absolute atomic E-state index is 0.0911. The zero-order valence-corrected chi connectivity index (χ0v) is 12.5. The second-order valence-corrected chi connectivity index (χ2v) is 5.49. The molecule has 1 atom stereocenters. The first-order chi connectivity index (χ1) is 10.1. The molecule has 1 fully saturated rings. The van der Waals surface area contributed by atoms with Crippen molar-refractivity contribution in [2.24, 2.45) is 0 Å². The van der Waals surface area contributed by atoms with Crippen LogP contribution in [0.1, 0.15) is 25.8 Å².